The molecule has 4 amide bonds. The number of nitrogens with one attached hydrogen (secondary N) is 2. The molecule has 9 heteroatoms. The molecule has 1 atom stereocenters. The molecule has 2 aliphatic rings. The van der Waals surface area contributed by atoms with Crippen molar-refractivity contribution in [1.29, 1.82) is 0 Å². The molecule has 0 unspecified atom stereocenters. The number of urea groups is 1. The molecule has 3 rings (SSSR count). The first kappa shape index (κ1) is 21.9. The van der Waals surface area contributed by atoms with Crippen molar-refractivity contribution in [3.63, 3.8) is 0 Å². The first-order chi connectivity index (χ1) is 14.5. The maximum absolute atomic E-state index is 12.6. The summed E-state index contributed by atoms with van der Waals surface area (Å²) in [6.07, 6.45) is 2.26. The number of carbonyl (C=O) groups is 3. The average Bonchev–Trinajstić information content (AvgIpc) is 3.03. The third-order valence-corrected chi connectivity index (χ3v) is 5.50. The van der Waals surface area contributed by atoms with E-state index in [1.165, 1.54) is 0 Å². The molecule has 0 saturated carbocycles. The second-order valence-electron chi connectivity index (χ2n) is 7.50. The first-order valence-corrected chi connectivity index (χ1v) is 10.2. The number of methoxy groups -OCH3 is 2. The molecule has 0 radical (unpaired) electrons. The Bertz CT molecular complexity index is 778. The highest BCUT2D eigenvalue weighted by Gasteiger charge is 2.38. The summed E-state index contributed by atoms with van der Waals surface area (Å²) in [7, 11) is 3.11. The molecule has 0 spiro atoms. The number of carbonyl (C=O) groups excluding carboxylic acids is 3. The summed E-state index contributed by atoms with van der Waals surface area (Å²) in [5.41, 5.74) is 0.908. The smallest absolute Gasteiger partial charge is 0.324 e. The number of nitrogens with zero attached hydrogens (tertiary/aromatic N) is 1. The van der Waals surface area contributed by atoms with Crippen molar-refractivity contribution >= 4 is 17.8 Å². The van der Waals surface area contributed by atoms with Crippen LogP contribution in [0.1, 0.15) is 24.8 Å². The van der Waals surface area contributed by atoms with Crippen LogP contribution in [0.15, 0.2) is 18.2 Å². The van der Waals surface area contributed by atoms with Crippen molar-refractivity contribution in [2.75, 3.05) is 40.5 Å². The summed E-state index contributed by atoms with van der Waals surface area (Å²) in [6.45, 7) is 2.22. The van der Waals surface area contributed by atoms with E-state index in [4.69, 9.17) is 14.2 Å². The highest BCUT2D eigenvalue weighted by molar-refractivity contribution is 6.05. The molecule has 2 saturated heterocycles. The lowest BCUT2D eigenvalue weighted by Crippen LogP contribution is -2.39. The molecular weight excluding hydrogens is 390 g/mol. The molecule has 2 aliphatic heterocycles. The molecule has 0 bridgehead atoms. The average molecular weight is 419 g/mol. The van der Waals surface area contributed by atoms with E-state index < -0.39 is 12.1 Å². The van der Waals surface area contributed by atoms with Gasteiger partial charge < -0.3 is 24.8 Å². The highest BCUT2D eigenvalue weighted by Crippen LogP contribution is 2.28. The molecule has 2 heterocycles. The van der Waals surface area contributed by atoms with Gasteiger partial charge in [-0.05, 0) is 42.9 Å². The van der Waals surface area contributed by atoms with E-state index in [9.17, 15) is 14.4 Å². The Hall–Kier alpha value is -2.81. The molecule has 0 aliphatic carbocycles. The van der Waals surface area contributed by atoms with Crippen LogP contribution in [0, 0.1) is 5.92 Å². The predicted molar refractivity (Wildman–Crippen MR) is 108 cm³/mol. The quantitative estimate of drug-likeness (QED) is 0.581. The van der Waals surface area contributed by atoms with Crippen LogP contribution in [-0.2, 0) is 20.7 Å². The fourth-order valence-corrected chi connectivity index (χ4v) is 3.67. The second kappa shape index (κ2) is 10.3. The molecule has 2 fully saturated rings. The zero-order chi connectivity index (χ0) is 21.5. The minimum atomic E-state index is -0.822. The van der Waals surface area contributed by atoms with Gasteiger partial charge >= 0.3 is 6.03 Å². The summed E-state index contributed by atoms with van der Waals surface area (Å²) in [5, 5.41) is 5.48. The SMILES string of the molecule is COc1ccc(CCN2C(=O)N[C@H](CC(=O)NCC3CCOCC3)C2=O)cc1OC. The summed E-state index contributed by atoms with van der Waals surface area (Å²) in [5.74, 6) is 0.993. The zero-order valence-corrected chi connectivity index (χ0v) is 17.4. The van der Waals surface area contributed by atoms with Gasteiger partial charge in [-0.25, -0.2) is 4.79 Å². The second-order valence-corrected chi connectivity index (χ2v) is 7.50. The normalized spacial score (nSPS) is 19.5. The van der Waals surface area contributed by atoms with Gasteiger partial charge in [0.05, 0.1) is 20.6 Å². The lowest BCUT2D eigenvalue weighted by molar-refractivity contribution is -0.130. The molecule has 2 N–H and O–H groups in total. The van der Waals surface area contributed by atoms with E-state index in [0.29, 0.717) is 43.6 Å². The van der Waals surface area contributed by atoms with E-state index in [1.807, 2.05) is 12.1 Å². The van der Waals surface area contributed by atoms with Crippen LogP contribution in [0.2, 0.25) is 0 Å². The number of hydrogen-bond acceptors (Lipinski definition) is 6. The van der Waals surface area contributed by atoms with Gasteiger partial charge in [-0.1, -0.05) is 6.07 Å². The summed E-state index contributed by atoms with van der Waals surface area (Å²) >= 11 is 0. The van der Waals surface area contributed by atoms with Gasteiger partial charge in [-0.3, -0.25) is 14.5 Å². The van der Waals surface area contributed by atoms with E-state index in [2.05, 4.69) is 10.6 Å². The first-order valence-electron chi connectivity index (χ1n) is 10.2. The Morgan fingerprint density at radius 1 is 1.20 bits per heavy atom. The van der Waals surface area contributed by atoms with E-state index in [1.54, 1.807) is 20.3 Å². The fourth-order valence-electron chi connectivity index (χ4n) is 3.67. The maximum atomic E-state index is 12.6. The van der Waals surface area contributed by atoms with Gasteiger partial charge in [0.2, 0.25) is 5.91 Å². The van der Waals surface area contributed by atoms with E-state index >= 15 is 0 Å². The molecule has 0 aromatic heterocycles. The molecule has 30 heavy (non-hydrogen) atoms. The van der Waals surface area contributed by atoms with Crippen LogP contribution in [0.25, 0.3) is 0 Å². The summed E-state index contributed by atoms with van der Waals surface area (Å²) in [4.78, 5) is 38.2. The minimum Gasteiger partial charge on any atom is -0.493 e. The largest absolute Gasteiger partial charge is 0.493 e. The van der Waals surface area contributed by atoms with Crippen molar-refractivity contribution in [1.82, 2.24) is 15.5 Å². The number of amides is 4. The van der Waals surface area contributed by atoms with Crippen LogP contribution in [0.5, 0.6) is 11.5 Å². The third-order valence-electron chi connectivity index (χ3n) is 5.50. The summed E-state index contributed by atoms with van der Waals surface area (Å²) < 4.78 is 15.8. The Morgan fingerprint density at radius 3 is 2.63 bits per heavy atom. The number of hydrogen-bond donors (Lipinski definition) is 2. The summed E-state index contributed by atoms with van der Waals surface area (Å²) in [6, 6.07) is 4.17. The van der Waals surface area contributed by atoms with Crippen molar-refractivity contribution in [3.05, 3.63) is 23.8 Å². The van der Waals surface area contributed by atoms with Crippen LogP contribution < -0.4 is 20.1 Å². The number of imide groups is 1. The Morgan fingerprint density at radius 2 is 1.93 bits per heavy atom. The third kappa shape index (κ3) is 5.41. The minimum absolute atomic E-state index is 0.0549. The van der Waals surface area contributed by atoms with Crippen LogP contribution in [0.3, 0.4) is 0 Å². The fraction of sp³-hybridized carbons (Fsp3) is 0.571. The van der Waals surface area contributed by atoms with Gasteiger partial charge in [-0.15, -0.1) is 0 Å². The Labute approximate surface area is 176 Å². The standard InChI is InChI=1S/C21H29N3O6/c1-28-17-4-3-14(11-18(17)29-2)5-8-24-20(26)16(23-21(24)27)12-19(25)22-13-15-6-9-30-10-7-15/h3-4,11,15-16H,5-10,12-13H2,1-2H3,(H,22,25)(H,23,27)/t16-/m1/s1. The van der Waals surface area contributed by atoms with Crippen molar-refractivity contribution < 1.29 is 28.6 Å². The number of benzene rings is 1. The Kier molecular flexibility index (Phi) is 7.51. The predicted octanol–water partition coefficient (Wildman–Crippen LogP) is 1.10. The zero-order valence-electron chi connectivity index (χ0n) is 17.4. The molecule has 9 nitrogen and oxygen atoms in total. The maximum Gasteiger partial charge on any atom is 0.324 e. The number of ether oxygens (including phenoxy) is 3. The molecule has 164 valence electrons. The van der Waals surface area contributed by atoms with Gasteiger partial charge in [0.1, 0.15) is 6.04 Å². The topological polar surface area (TPSA) is 106 Å². The van der Waals surface area contributed by atoms with Crippen LogP contribution in [-0.4, -0.2) is 69.3 Å². The van der Waals surface area contributed by atoms with Gasteiger partial charge in [0.15, 0.2) is 11.5 Å². The Balaban J connectivity index is 1.48. The number of rotatable bonds is 9. The molecule has 1 aromatic carbocycles. The van der Waals surface area contributed by atoms with Crippen molar-refractivity contribution in [2.45, 2.75) is 31.7 Å². The van der Waals surface area contributed by atoms with Gasteiger partial charge in [0, 0.05) is 26.3 Å². The van der Waals surface area contributed by atoms with Gasteiger partial charge in [0.25, 0.3) is 5.91 Å². The molecular formula is C21H29N3O6. The van der Waals surface area contributed by atoms with Crippen LogP contribution in [0.4, 0.5) is 4.79 Å². The lowest BCUT2D eigenvalue weighted by Gasteiger charge is -2.22. The van der Waals surface area contributed by atoms with E-state index in [-0.39, 0.29) is 24.8 Å². The monoisotopic (exact) mass is 419 g/mol. The van der Waals surface area contributed by atoms with Crippen molar-refractivity contribution in [2.24, 2.45) is 5.92 Å². The van der Waals surface area contributed by atoms with Crippen LogP contribution >= 0.6 is 0 Å². The van der Waals surface area contributed by atoms with Gasteiger partial charge in [-0.2, -0.15) is 0 Å². The highest BCUT2D eigenvalue weighted by atomic mass is 16.5. The van der Waals surface area contributed by atoms with Crippen molar-refractivity contribution in [3.8, 4) is 11.5 Å². The lowest BCUT2D eigenvalue weighted by atomic mass is 10.0. The van der Waals surface area contributed by atoms with E-state index in [0.717, 1.165) is 23.3 Å². The molecule has 1 aromatic rings.